The SMILES string of the molecule is CC1(CNS(=O)(=O)C2CCOCC2)CCNC1. The number of rotatable bonds is 4. The van der Waals surface area contributed by atoms with Crippen LogP contribution in [0.15, 0.2) is 0 Å². The Morgan fingerprint density at radius 1 is 1.41 bits per heavy atom. The average Bonchev–Trinajstić information content (AvgIpc) is 2.76. The first-order chi connectivity index (χ1) is 8.02. The molecule has 1 atom stereocenters. The predicted molar refractivity (Wildman–Crippen MR) is 66.4 cm³/mol. The van der Waals surface area contributed by atoms with E-state index in [2.05, 4.69) is 17.0 Å². The van der Waals surface area contributed by atoms with E-state index >= 15 is 0 Å². The van der Waals surface area contributed by atoms with E-state index in [1.54, 1.807) is 0 Å². The van der Waals surface area contributed by atoms with Gasteiger partial charge in [-0.3, -0.25) is 0 Å². The Morgan fingerprint density at radius 3 is 2.71 bits per heavy atom. The molecule has 0 bridgehead atoms. The lowest BCUT2D eigenvalue weighted by Crippen LogP contribution is -2.43. The van der Waals surface area contributed by atoms with Crippen molar-refractivity contribution in [1.29, 1.82) is 0 Å². The van der Waals surface area contributed by atoms with E-state index in [0.29, 0.717) is 32.6 Å². The molecule has 2 aliphatic rings. The summed E-state index contributed by atoms with van der Waals surface area (Å²) in [5.41, 5.74) is 0.0677. The number of hydrogen-bond acceptors (Lipinski definition) is 4. The molecule has 0 aromatic heterocycles. The average molecular weight is 262 g/mol. The summed E-state index contributed by atoms with van der Waals surface area (Å²) in [6.45, 7) is 5.66. The van der Waals surface area contributed by atoms with Crippen LogP contribution in [0.25, 0.3) is 0 Å². The Labute approximate surface area is 103 Å². The Balaban J connectivity index is 1.88. The van der Waals surface area contributed by atoms with E-state index in [4.69, 9.17) is 4.74 Å². The lowest BCUT2D eigenvalue weighted by molar-refractivity contribution is 0.0981. The molecular formula is C11H22N2O3S. The Bertz CT molecular complexity index is 344. The smallest absolute Gasteiger partial charge is 0.214 e. The van der Waals surface area contributed by atoms with Gasteiger partial charge >= 0.3 is 0 Å². The van der Waals surface area contributed by atoms with Crippen molar-refractivity contribution in [3.05, 3.63) is 0 Å². The van der Waals surface area contributed by atoms with Gasteiger partial charge in [0, 0.05) is 26.3 Å². The molecule has 0 amide bonds. The topological polar surface area (TPSA) is 67.4 Å². The van der Waals surface area contributed by atoms with Crippen LogP contribution in [0, 0.1) is 5.41 Å². The van der Waals surface area contributed by atoms with Gasteiger partial charge < -0.3 is 10.1 Å². The first-order valence-corrected chi connectivity index (χ1v) is 7.83. The molecule has 0 aromatic rings. The van der Waals surface area contributed by atoms with Crippen LogP contribution in [0.5, 0.6) is 0 Å². The molecule has 0 aromatic carbocycles. The maximum atomic E-state index is 12.1. The van der Waals surface area contributed by atoms with Crippen LogP contribution in [0.2, 0.25) is 0 Å². The zero-order valence-electron chi connectivity index (χ0n) is 10.4. The van der Waals surface area contributed by atoms with Gasteiger partial charge in [-0.2, -0.15) is 0 Å². The van der Waals surface area contributed by atoms with E-state index in [-0.39, 0.29) is 10.7 Å². The lowest BCUT2D eigenvalue weighted by atomic mass is 9.90. The second-order valence-electron chi connectivity index (χ2n) is 5.42. The first-order valence-electron chi connectivity index (χ1n) is 6.29. The monoisotopic (exact) mass is 262 g/mol. The Hall–Kier alpha value is -0.170. The second kappa shape index (κ2) is 5.22. The van der Waals surface area contributed by atoms with Gasteiger partial charge in [-0.1, -0.05) is 6.92 Å². The fourth-order valence-corrected chi connectivity index (χ4v) is 4.00. The van der Waals surface area contributed by atoms with Crippen LogP contribution in [-0.2, 0) is 14.8 Å². The third kappa shape index (κ3) is 3.40. The van der Waals surface area contributed by atoms with Gasteiger partial charge in [0.25, 0.3) is 0 Å². The number of ether oxygens (including phenoxy) is 1. The van der Waals surface area contributed by atoms with Gasteiger partial charge in [-0.25, -0.2) is 13.1 Å². The highest BCUT2D eigenvalue weighted by Gasteiger charge is 2.33. The lowest BCUT2D eigenvalue weighted by Gasteiger charge is -2.26. The zero-order chi connectivity index (χ0) is 12.4. The van der Waals surface area contributed by atoms with Gasteiger partial charge in [0.1, 0.15) is 0 Å². The Kier molecular flexibility index (Phi) is 4.07. The summed E-state index contributed by atoms with van der Waals surface area (Å²) in [5.74, 6) is 0. The summed E-state index contributed by atoms with van der Waals surface area (Å²) >= 11 is 0. The highest BCUT2D eigenvalue weighted by Crippen LogP contribution is 2.24. The van der Waals surface area contributed by atoms with E-state index in [0.717, 1.165) is 19.5 Å². The largest absolute Gasteiger partial charge is 0.381 e. The molecule has 0 aliphatic carbocycles. The van der Waals surface area contributed by atoms with Crippen molar-refractivity contribution in [3.8, 4) is 0 Å². The Morgan fingerprint density at radius 2 is 2.12 bits per heavy atom. The van der Waals surface area contributed by atoms with Gasteiger partial charge in [-0.05, 0) is 31.2 Å². The van der Waals surface area contributed by atoms with Crippen molar-refractivity contribution in [2.45, 2.75) is 31.4 Å². The summed E-state index contributed by atoms with van der Waals surface area (Å²) in [4.78, 5) is 0. The van der Waals surface area contributed by atoms with E-state index in [1.165, 1.54) is 0 Å². The second-order valence-corrected chi connectivity index (χ2v) is 7.46. The maximum absolute atomic E-state index is 12.1. The van der Waals surface area contributed by atoms with Crippen LogP contribution < -0.4 is 10.0 Å². The van der Waals surface area contributed by atoms with Crippen LogP contribution in [-0.4, -0.2) is 46.5 Å². The highest BCUT2D eigenvalue weighted by atomic mass is 32.2. The summed E-state index contributed by atoms with van der Waals surface area (Å²) in [7, 11) is -3.17. The molecule has 2 N–H and O–H groups in total. The minimum atomic E-state index is -3.17. The summed E-state index contributed by atoms with van der Waals surface area (Å²) in [6.07, 6.45) is 2.26. The van der Waals surface area contributed by atoms with Crippen LogP contribution in [0.1, 0.15) is 26.2 Å². The fourth-order valence-electron chi connectivity index (χ4n) is 2.40. The number of sulfonamides is 1. The van der Waals surface area contributed by atoms with Crippen LogP contribution in [0.3, 0.4) is 0 Å². The normalized spacial score (nSPS) is 31.8. The molecule has 100 valence electrons. The molecule has 2 saturated heterocycles. The van der Waals surface area contributed by atoms with Gasteiger partial charge in [0.2, 0.25) is 10.0 Å². The summed E-state index contributed by atoms with van der Waals surface area (Å²) < 4.78 is 32.2. The minimum absolute atomic E-state index is 0.0677. The number of nitrogens with one attached hydrogen (secondary N) is 2. The molecule has 6 heteroatoms. The molecule has 2 rings (SSSR count). The molecule has 0 spiro atoms. The first kappa shape index (κ1) is 13.3. The molecule has 0 saturated carbocycles. The molecule has 5 nitrogen and oxygen atoms in total. The molecule has 1 unspecified atom stereocenters. The summed E-state index contributed by atoms with van der Waals surface area (Å²) in [6, 6.07) is 0. The van der Waals surface area contributed by atoms with Gasteiger partial charge in [-0.15, -0.1) is 0 Å². The molecule has 0 radical (unpaired) electrons. The van der Waals surface area contributed by atoms with Crippen molar-refractivity contribution < 1.29 is 13.2 Å². The molecule has 17 heavy (non-hydrogen) atoms. The number of hydrogen-bond donors (Lipinski definition) is 2. The quantitative estimate of drug-likeness (QED) is 0.753. The zero-order valence-corrected chi connectivity index (χ0v) is 11.2. The van der Waals surface area contributed by atoms with Crippen molar-refractivity contribution >= 4 is 10.0 Å². The molecule has 2 aliphatic heterocycles. The van der Waals surface area contributed by atoms with Gasteiger partial charge in [0.15, 0.2) is 0 Å². The summed E-state index contributed by atoms with van der Waals surface area (Å²) in [5, 5.41) is 3.00. The van der Waals surface area contributed by atoms with E-state index in [1.807, 2.05) is 0 Å². The molecule has 2 heterocycles. The fraction of sp³-hybridized carbons (Fsp3) is 1.00. The van der Waals surface area contributed by atoms with E-state index in [9.17, 15) is 8.42 Å². The minimum Gasteiger partial charge on any atom is -0.381 e. The standard InChI is InChI=1S/C11H22N2O3S/c1-11(4-5-12-8-11)9-13-17(14,15)10-2-6-16-7-3-10/h10,12-13H,2-9H2,1H3. The van der Waals surface area contributed by atoms with Crippen molar-refractivity contribution in [1.82, 2.24) is 10.0 Å². The maximum Gasteiger partial charge on any atom is 0.214 e. The van der Waals surface area contributed by atoms with Gasteiger partial charge in [0.05, 0.1) is 5.25 Å². The van der Waals surface area contributed by atoms with Crippen molar-refractivity contribution in [3.63, 3.8) is 0 Å². The third-order valence-corrected chi connectivity index (χ3v) is 5.66. The van der Waals surface area contributed by atoms with Crippen molar-refractivity contribution in [2.75, 3.05) is 32.8 Å². The van der Waals surface area contributed by atoms with Crippen LogP contribution >= 0.6 is 0 Å². The van der Waals surface area contributed by atoms with Crippen molar-refractivity contribution in [2.24, 2.45) is 5.41 Å². The highest BCUT2D eigenvalue weighted by molar-refractivity contribution is 7.90. The molecule has 2 fully saturated rings. The predicted octanol–water partition coefficient (Wildman–Crippen LogP) is 0.0844. The van der Waals surface area contributed by atoms with E-state index < -0.39 is 10.0 Å². The third-order valence-electron chi connectivity index (χ3n) is 3.76. The molecular weight excluding hydrogens is 240 g/mol. The van der Waals surface area contributed by atoms with Crippen LogP contribution in [0.4, 0.5) is 0 Å².